The highest BCUT2D eigenvalue weighted by molar-refractivity contribution is 7.80. The van der Waals surface area contributed by atoms with E-state index in [1.807, 2.05) is 48.5 Å². The fourth-order valence-corrected chi connectivity index (χ4v) is 2.65. The number of thiocarbonyl (C=S) groups is 1. The summed E-state index contributed by atoms with van der Waals surface area (Å²) in [5.74, 6) is 1.83. The molecule has 124 valence electrons. The number of methoxy groups -OCH3 is 1. The van der Waals surface area contributed by atoms with E-state index in [2.05, 4.69) is 20.6 Å². The monoisotopic (exact) mass is 340 g/mol. The number of imidazole rings is 1. The summed E-state index contributed by atoms with van der Waals surface area (Å²) in [5, 5.41) is 6.98. The van der Waals surface area contributed by atoms with Crippen molar-refractivity contribution in [3.8, 4) is 5.75 Å². The molecule has 3 rings (SSSR count). The third kappa shape index (κ3) is 4.23. The maximum Gasteiger partial charge on any atom is 0.170 e. The van der Waals surface area contributed by atoms with Crippen LogP contribution in [0.1, 0.15) is 12.2 Å². The molecule has 3 aromatic rings. The Hall–Kier alpha value is -2.60. The number of anilines is 1. The number of aromatic nitrogens is 2. The van der Waals surface area contributed by atoms with Crippen LogP contribution in [0.25, 0.3) is 11.0 Å². The smallest absolute Gasteiger partial charge is 0.170 e. The van der Waals surface area contributed by atoms with Crippen molar-refractivity contribution in [2.45, 2.75) is 12.8 Å². The van der Waals surface area contributed by atoms with Crippen molar-refractivity contribution in [2.24, 2.45) is 0 Å². The second-order valence-electron chi connectivity index (χ2n) is 5.41. The van der Waals surface area contributed by atoms with Crippen molar-refractivity contribution in [3.63, 3.8) is 0 Å². The van der Waals surface area contributed by atoms with E-state index in [0.717, 1.165) is 47.7 Å². The van der Waals surface area contributed by atoms with Crippen LogP contribution < -0.4 is 15.4 Å². The number of aryl methyl sites for hydroxylation is 1. The Morgan fingerprint density at radius 1 is 1.17 bits per heavy atom. The number of aromatic amines is 1. The van der Waals surface area contributed by atoms with Crippen LogP contribution >= 0.6 is 12.2 Å². The number of hydrogen-bond donors (Lipinski definition) is 3. The molecule has 0 aliphatic heterocycles. The minimum atomic E-state index is 0.616. The maximum absolute atomic E-state index is 5.30. The molecule has 0 spiro atoms. The van der Waals surface area contributed by atoms with Gasteiger partial charge >= 0.3 is 0 Å². The fraction of sp³-hybridized carbons (Fsp3) is 0.222. The summed E-state index contributed by atoms with van der Waals surface area (Å²) in [6.07, 6.45) is 1.83. The second-order valence-corrected chi connectivity index (χ2v) is 5.82. The average Bonchev–Trinajstić information content (AvgIpc) is 3.02. The van der Waals surface area contributed by atoms with Crippen LogP contribution in [0.3, 0.4) is 0 Å². The van der Waals surface area contributed by atoms with E-state index < -0.39 is 0 Å². The number of ether oxygens (including phenoxy) is 1. The molecule has 6 heteroatoms. The Kier molecular flexibility index (Phi) is 5.28. The molecule has 2 aromatic carbocycles. The van der Waals surface area contributed by atoms with Crippen molar-refractivity contribution in [1.29, 1.82) is 0 Å². The van der Waals surface area contributed by atoms with Crippen molar-refractivity contribution >= 4 is 34.1 Å². The first-order chi connectivity index (χ1) is 11.7. The van der Waals surface area contributed by atoms with E-state index in [1.54, 1.807) is 7.11 Å². The molecule has 0 bridgehead atoms. The fourth-order valence-electron chi connectivity index (χ4n) is 2.43. The van der Waals surface area contributed by atoms with Gasteiger partial charge in [-0.1, -0.05) is 12.1 Å². The van der Waals surface area contributed by atoms with Gasteiger partial charge in [-0.25, -0.2) is 4.98 Å². The largest absolute Gasteiger partial charge is 0.497 e. The first-order valence-electron chi connectivity index (χ1n) is 7.87. The Morgan fingerprint density at radius 3 is 2.71 bits per heavy atom. The van der Waals surface area contributed by atoms with Crippen LogP contribution in [0, 0.1) is 0 Å². The van der Waals surface area contributed by atoms with Crippen molar-refractivity contribution in [2.75, 3.05) is 19.0 Å². The Morgan fingerprint density at radius 2 is 1.96 bits per heavy atom. The van der Waals surface area contributed by atoms with Gasteiger partial charge in [0, 0.05) is 18.7 Å². The number of hydrogen-bond acceptors (Lipinski definition) is 3. The van der Waals surface area contributed by atoms with Crippen LogP contribution in [0.2, 0.25) is 0 Å². The Labute approximate surface area is 146 Å². The average molecular weight is 340 g/mol. The van der Waals surface area contributed by atoms with E-state index in [-0.39, 0.29) is 0 Å². The molecule has 24 heavy (non-hydrogen) atoms. The molecule has 0 amide bonds. The minimum Gasteiger partial charge on any atom is -0.497 e. The summed E-state index contributed by atoms with van der Waals surface area (Å²) in [7, 11) is 1.65. The lowest BCUT2D eigenvalue weighted by atomic mass is 10.3. The van der Waals surface area contributed by atoms with Crippen LogP contribution in [0.15, 0.2) is 48.5 Å². The van der Waals surface area contributed by atoms with Gasteiger partial charge in [0.1, 0.15) is 11.6 Å². The summed E-state index contributed by atoms with van der Waals surface area (Å²) in [6.45, 7) is 0.791. The molecule has 0 atom stereocenters. The highest BCUT2D eigenvalue weighted by atomic mass is 32.1. The van der Waals surface area contributed by atoms with Gasteiger partial charge in [-0.05, 0) is 55.0 Å². The van der Waals surface area contributed by atoms with Gasteiger partial charge in [0.05, 0.1) is 18.1 Å². The van der Waals surface area contributed by atoms with Gasteiger partial charge < -0.3 is 20.4 Å². The molecule has 0 saturated heterocycles. The Balaban J connectivity index is 1.41. The molecule has 0 aliphatic carbocycles. The lowest BCUT2D eigenvalue weighted by molar-refractivity contribution is 0.415. The lowest BCUT2D eigenvalue weighted by Crippen LogP contribution is -2.29. The molecule has 1 aromatic heterocycles. The summed E-state index contributed by atoms with van der Waals surface area (Å²) in [6, 6.07) is 15.7. The number of H-pyrrole nitrogens is 1. The Bertz CT molecular complexity index is 780. The third-order valence-electron chi connectivity index (χ3n) is 3.66. The number of nitrogens with one attached hydrogen (secondary N) is 3. The molecule has 3 N–H and O–H groups in total. The van der Waals surface area contributed by atoms with Crippen LogP contribution in [0.4, 0.5) is 5.69 Å². The molecule has 0 saturated carbocycles. The van der Waals surface area contributed by atoms with E-state index >= 15 is 0 Å². The van der Waals surface area contributed by atoms with Crippen LogP contribution in [-0.2, 0) is 6.42 Å². The summed E-state index contributed by atoms with van der Waals surface area (Å²) in [5.41, 5.74) is 3.03. The molecule has 0 aliphatic rings. The second kappa shape index (κ2) is 7.79. The number of benzene rings is 2. The van der Waals surface area contributed by atoms with Crippen molar-refractivity contribution in [1.82, 2.24) is 15.3 Å². The number of nitrogens with zero attached hydrogens (tertiary/aromatic N) is 1. The van der Waals surface area contributed by atoms with Crippen molar-refractivity contribution < 1.29 is 4.74 Å². The van der Waals surface area contributed by atoms with Gasteiger partial charge in [0.2, 0.25) is 0 Å². The van der Waals surface area contributed by atoms with Gasteiger partial charge in [-0.15, -0.1) is 0 Å². The predicted octanol–water partition coefficient (Wildman–Crippen LogP) is 3.49. The predicted molar refractivity (Wildman–Crippen MR) is 102 cm³/mol. The zero-order chi connectivity index (χ0) is 16.8. The van der Waals surface area contributed by atoms with Crippen molar-refractivity contribution in [3.05, 3.63) is 54.4 Å². The summed E-state index contributed by atoms with van der Waals surface area (Å²) < 4.78 is 5.13. The standard InChI is InChI=1S/C18H20N4OS/c1-23-14-10-8-13(9-11-14)20-18(24)19-12-4-7-17-21-15-5-2-3-6-16(15)22-17/h2-3,5-6,8-11H,4,7,12H2,1H3,(H,21,22)(H2,19,20,24). The first kappa shape index (κ1) is 16.3. The number of rotatable bonds is 6. The van der Waals surface area contributed by atoms with Gasteiger partial charge in [-0.2, -0.15) is 0 Å². The molecular formula is C18H20N4OS. The van der Waals surface area contributed by atoms with Gasteiger partial charge in [0.25, 0.3) is 0 Å². The third-order valence-corrected chi connectivity index (χ3v) is 3.91. The molecule has 0 radical (unpaired) electrons. The van der Waals surface area contributed by atoms with Gasteiger partial charge in [-0.3, -0.25) is 0 Å². The summed E-state index contributed by atoms with van der Waals surface area (Å²) in [4.78, 5) is 7.90. The quantitative estimate of drug-likeness (QED) is 0.474. The normalized spacial score (nSPS) is 10.5. The van der Waals surface area contributed by atoms with Crippen LogP contribution in [-0.4, -0.2) is 28.7 Å². The van der Waals surface area contributed by atoms with Crippen LogP contribution in [0.5, 0.6) is 5.75 Å². The number of para-hydroxylation sites is 2. The SMILES string of the molecule is COc1ccc(NC(=S)NCCCc2nc3ccccc3[nH]2)cc1. The highest BCUT2D eigenvalue weighted by Crippen LogP contribution is 2.15. The zero-order valence-electron chi connectivity index (χ0n) is 13.5. The van der Waals surface area contributed by atoms with E-state index in [1.165, 1.54) is 0 Å². The lowest BCUT2D eigenvalue weighted by Gasteiger charge is -2.10. The van der Waals surface area contributed by atoms with Gasteiger partial charge in [0.15, 0.2) is 5.11 Å². The molecule has 1 heterocycles. The molecule has 0 unspecified atom stereocenters. The molecule has 0 fully saturated rings. The molecular weight excluding hydrogens is 320 g/mol. The topological polar surface area (TPSA) is 62.0 Å². The van der Waals surface area contributed by atoms with E-state index in [4.69, 9.17) is 17.0 Å². The maximum atomic E-state index is 5.30. The highest BCUT2D eigenvalue weighted by Gasteiger charge is 2.02. The van der Waals surface area contributed by atoms with E-state index in [0.29, 0.717) is 5.11 Å². The molecule has 5 nitrogen and oxygen atoms in total. The summed E-state index contributed by atoms with van der Waals surface area (Å²) >= 11 is 5.30. The number of fused-ring (bicyclic) bond motifs is 1. The minimum absolute atomic E-state index is 0.616. The van der Waals surface area contributed by atoms with E-state index in [9.17, 15) is 0 Å². The first-order valence-corrected chi connectivity index (χ1v) is 8.28. The zero-order valence-corrected chi connectivity index (χ0v) is 14.3.